The zero-order valence-corrected chi connectivity index (χ0v) is 11.6. The van der Waals surface area contributed by atoms with Gasteiger partial charge in [-0.2, -0.15) is 0 Å². The van der Waals surface area contributed by atoms with Gasteiger partial charge in [0.15, 0.2) is 0 Å². The van der Waals surface area contributed by atoms with Crippen molar-refractivity contribution in [2.24, 2.45) is 5.41 Å². The van der Waals surface area contributed by atoms with Crippen molar-refractivity contribution in [3.63, 3.8) is 0 Å². The van der Waals surface area contributed by atoms with Crippen LogP contribution in [0.3, 0.4) is 0 Å². The first kappa shape index (κ1) is 12.1. The summed E-state index contributed by atoms with van der Waals surface area (Å²) in [6, 6.07) is 0.396. The third kappa shape index (κ3) is 2.30. The normalized spacial score (nSPS) is 17.5. The molecule has 0 spiro atoms. The quantitative estimate of drug-likeness (QED) is 0.873. The Labute approximate surface area is 102 Å². The molecule has 0 amide bonds. The highest BCUT2D eigenvalue weighted by atomic mass is 32.1. The van der Waals surface area contributed by atoms with Gasteiger partial charge in [-0.05, 0) is 31.2 Å². The molecule has 1 unspecified atom stereocenters. The van der Waals surface area contributed by atoms with Crippen molar-refractivity contribution in [1.82, 2.24) is 10.3 Å². The zero-order valence-electron chi connectivity index (χ0n) is 10.8. The minimum Gasteiger partial charge on any atom is -0.308 e. The number of rotatable bonds is 3. The van der Waals surface area contributed by atoms with Crippen LogP contribution in [0.15, 0.2) is 0 Å². The van der Waals surface area contributed by atoms with Crippen LogP contribution in [-0.2, 0) is 12.8 Å². The van der Waals surface area contributed by atoms with Crippen LogP contribution in [0.25, 0.3) is 0 Å². The second-order valence-electron chi connectivity index (χ2n) is 5.63. The number of thiazole rings is 1. The van der Waals surface area contributed by atoms with E-state index in [1.165, 1.54) is 34.8 Å². The van der Waals surface area contributed by atoms with E-state index in [4.69, 9.17) is 4.98 Å². The summed E-state index contributed by atoms with van der Waals surface area (Å²) < 4.78 is 0. The van der Waals surface area contributed by atoms with Crippen LogP contribution in [0.4, 0.5) is 0 Å². The Kier molecular flexibility index (Phi) is 3.36. The average Bonchev–Trinajstić information content (AvgIpc) is 2.70. The molecule has 1 aliphatic carbocycles. The van der Waals surface area contributed by atoms with E-state index in [0.29, 0.717) is 6.04 Å². The summed E-state index contributed by atoms with van der Waals surface area (Å²) in [6.45, 7) is 10.0. The van der Waals surface area contributed by atoms with E-state index in [2.05, 4.69) is 33.0 Å². The highest BCUT2D eigenvalue weighted by molar-refractivity contribution is 7.11. The van der Waals surface area contributed by atoms with Crippen LogP contribution in [0.5, 0.6) is 0 Å². The maximum Gasteiger partial charge on any atom is 0.111 e. The SMILES string of the molecule is CCNC(c1nc2c(s1)CCC2)C(C)(C)C. The predicted octanol–water partition coefficient (Wildman–Crippen LogP) is 3.33. The monoisotopic (exact) mass is 238 g/mol. The van der Waals surface area contributed by atoms with Crippen molar-refractivity contribution in [3.05, 3.63) is 15.6 Å². The number of aromatic nitrogens is 1. The van der Waals surface area contributed by atoms with Gasteiger partial charge in [-0.25, -0.2) is 4.98 Å². The summed E-state index contributed by atoms with van der Waals surface area (Å²) in [5, 5.41) is 4.87. The molecule has 0 saturated heterocycles. The van der Waals surface area contributed by atoms with E-state index >= 15 is 0 Å². The van der Waals surface area contributed by atoms with E-state index in [0.717, 1.165) is 6.54 Å². The molecule has 1 aliphatic rings. The van der Waals surface area contributed by atoms with Crippen LogP contribution < -0.4 is 5.32 Å². The first-order valence-corrected chi connectivity index (χ1v) is 7.06. The molecule has 0 bridgehead atoms. The summed E-state index contributed by atoms with van der Waals surface area (Å²) in [4.78, 5) is 6.36. The number of fused-ring (bicyclic) bond motifs is 1. The van der Waals surface area contributed by atoms with Crippen molar-refractivity contribution in [3.8, 4) is 0 Å². The molecule has 1 heterocycles. The van der Waals surface area contributed by atoms with Gasteiger partial charge in [0.2, 0.25) is 0 Å². The fourth-order valence-corrected chi connectivity index (χ4v) is 3.78. The fourth-order valence-electron chi connectivity index (χ4n) is 2.30. The van der Waals surface area contributed by atoms with Crippen LogP contribution in [0.1, 0.15) is 55.7 Å². The van der Waals surface area contributed by atoms with Gasteiger partial charge in [-0.3, -0.25) is 0 Å². The van der Waals surface area contributed by atoms with Gasteiger partial charge in [-0.1, -0.05) is 27.7 Å². The molecular formula is C13H22N2S. The number of aryl methyl sites for hydroxylation is 2. The highest BCUT2D eigenvalue weighted by Crippen LogP contribution is 2.38. The van der Waals surface area contributed by atoms with Gasteiger partial charge in [-0.15, -0.1) is 11.3 Å². The molecule has 0 aliphatic heterocycles. The number of hydrogen-bond acceptors (Lipinski definition) is 3. The third-order valence-corrected chi connectivity index (χ3v) is 4.36. The number of nitrogens with one attached hydrogen (secondary N) is 1. The van der Waals surface area contributed by atoms with Gasteiger partial charge >= 0.3 is 0 Å². The molecule has 0 aromatic carbocycles. The van der Waals surface area contributed by atoms with Crippen LogP contribution >= 0.6 is 11.3 Å². The maximum atomic E-state index is 4.83. The van der Waals surface area contributed by atoms with Gasteiger partial charge in [0.1, 0.15) is 5.01 Å². The molecule has 3 heteroatoms. The summed E-state index contributed by atoms with van der Waals surface area (Å²) in [6.07, 6.45) is 3.74. The van der Waals surface area contributed by atoms with E-state index < -0.39 is 0 Å². The third-order valence-electron chi connectivity index (χ3n) is 3.13. The predicted molar refractivity (Wildman–Crippen MR) is 70.0 cm³/mol. The highest BCUT2D eigenvalue weighted by Gasteiger charge is 2.30. The average molecular weight is 238 g/mol. The van der Waals surface area contributed by atoms with Gasteiger partial charge in [0, 0.05) is 4.88 Å². The molecule has 0 radical (unpaired) electrons. The minimum absolute atomic E-state index is 0.238. The van der Waals surface area contributed by atoms with Crippen molar-refractivity contribution in [2.75, 3.05) is 6.54 Å². The van der Waals surface area contributed by atoms with E-state index in [-0.39, 0.29) is 5.41 Å². The Hall–Kier alpha value is -0.410. The van der Waals surface area contributed by atoms with Crippen molar-refractivity contribution in [1.29, 1.82) is 0 Å². The fraction of sp³-hybridized carbons (Fsp3) is 0.769. The van der Waals surface area contributed by atoms with E-state index in [9.17, 15) is 0 Å². The molecular weight excluding hydrogens is 216 g/mol. The van der Waals surface area contributed by atoms with Crippen LogP contribution in [-0.4, -0.2) is 11.5 Å². The van der Waals surface area contributed by atoms with E-state index in [1.54, 1.807) is 0 Å². The number of nitrogens with zero attached hydrogens (tertiary/aromatic N) is 1. The van der Waals surface area contributed by atoms with E-state index in [1.807, 2.05) is 11.3 Å². The lowest BCUT2D eigenvalue weighted by molar-refractivity contribution is 0.276. The zero-order chi connectivity index (χ0) is 11.8. The molecule has 90 valence electrons. The largest absolute Gasteiger partial charge is 0.308 e. The standard InChI is InChI=1S/C13H22N2S/c1-5-14-11(13(2,3)4)12-15-9-7-6-8-10(9)16-12/h11,14H,5-8H2,1-4H3. The Balaban J connectivity index is 2.25. The summed E-state index contributed by atoms with van der Waals surface area (Å²) in [5.41, 5.74) is 1.61. The topological polar surface area (TPSA) is 24.9 Å². The summed E-state index contributed by atoms with van der Waals surface area (Å²) in [7, 11) is 0. The minimum atomic E-state index is 0.238. The summed E-state index contributed by atoms with van der Waals surface area (Å²) in [5.74, 6) is 0. The molecule has 1 aromatic rings. The Bertz CT molecular complexity index is 341. The molecule has 2 rings (SSSR count). The smallest absolute Gasteiger partial charge is 0.111 e. The molecule has 0 fully saturated rings. The second-order valence-corrected chi connectivity index (χ2v) is 6.75. The van der Waals surface area contributed by atoms with Gasteiger partial charge in [0.05, 0.1) is 11.7 Å². The van der Waals surface area contributed by atoms with Crippen molar-refractivity contribution in [2.45, 2.75) is 53.0 Å². The van der Waals surface area contributed by atoms with Crippen LogP contribution in [0, 0.1) is 5.41 Å². The first-order chi connectivity index (χ1) is 7.52. The lowest BCUT2D eigenvalue weighted by Crippen LogP contribution is -2.32. The Morgan fingerprint density at radius 1 is 1.38 bits per heavy atom. The Morgan fingerprint density at radius 3 is 2.69 bits per heavy atom. The lowest BCUT2D eigenvalue weighted by atomic mass is 9.87. The van der Waals surface area contributed by atoms with Crippen LogP contribution in [0.2, 0.25) is 0 Å². The summed E-state index contributed by atoms with van der Waals surface area (Å²) >= 11 is 1.92. The van der Waals surface area contributed by atoms with Gasteiger partial charge in [0.25, 0.3) is 0 Å². The molecule has 1 N–H and O–H groups in total. The molecule has 16 heavy (non-hydrogen) atoms. The molecule has 1 aromatic heterocycles. The number of hydrogen-bond donors (Lipinski definition) is 1. The Morgan fingerprint density at radius 2 is 2.12 bits per heavy atom. The maximum absolute atomic E-state index is 4.83. The molecule has 1 atom stereocenters. The molecule has 0 saturated carbocycles. The second kappa shape index (κ2) is 4.46. The lowest BCUT2D eigenvalue weighted by Gasteiger charge is -2.29. The van der Waals surface area contributed by atoms with Crippen molar-refractivity contribution < 1.29 is 0 Å². The van der Waals surface area contributed by atoms with Crippen molar-refractivity contribution >= 4 is 11.3 Å². The van der Waals surface area contributed by atoms with Gasteiger partial charge < -0.3 is 5.32 Å². The molecule has 2 nitrogen and oxygen atoms in total. The first-order valence-electron chi connectivity index (χ1n) is 6.24.